The van der Waals surface area contributed by atoms with Gasteiger partial charge >= 0.3 is 0 Å². The van der Waals surface area contributed by atoms with E-state index in [9.17, 15) is 14.0 Å². The normalized spacial score (nSPS) is 14.4. The van der Waals surface area contributed by atoms with Crippen molar-refractivity contribution in [3.8, 4) is 0 Å². The van der Waals surface area contributed by atoms with Crippen molar-refractivity contribution in [1.29, 1.82) is 0 Å². The molecule has 7 heteroatoms. The summed E-state index contributed by atoms with van der Waals surface area (Å²) in [4.78, 5) is 31.1. The van der Waals surface area contributed by atoms with Crippen LogP contribution in [0.4, 0.5) is 15.8 Å². The van der Waals surface area contributed by atoms with E-state index in [1.54, 1.807) is 12.1 Å². The molecule has 1 saturated heterocycles. The van der Waals surface area contributed by atoms with Crippen molar-refractivity contribution in [1.82, 2.24) is 9.80 Å². The molecule has 3 rings (SSSR count). The van der Waals surface area contributed by atoms with Gasteiger partial charge in [-0.1, -0.05) is 6.07 Å². The smallest absolute Gasteiger partial charge is 0.253 e. The zero-order valence-electron chi connectivity index (χ0n) is 17.6. The molecule has 0 unspecified atom stereocenters. The Labute approximate surface area is 177 Å². The van der Waals surface area contributed by atoms with Gasteiger partial charge in [-0.15, -0.1) is 0 Å². The third-order valence-electron chi connectivity index (χ3n) is 5.38. The topological polar surface area (TPSA) is 55.9 Å². The lowest BCUT2D eigenvalue weighted by Crippen LogP contribution is -2.50. The molecule has 0 aliphatic carbocycles. The van der Waals surface area contributed by atoms with Crippen LogP contribution in [0.2, 0.25) is 0 Å². The van der Waals surface area contributed by atoms with Gasteiger partial charge in [-0.25, -0.2) is 4.39 Å². The number of halogens is 1. The molecule has 0 atom stereocenters. The van der Waals surface area contributed by atoms with Crippen LogP contribution in [-0.4, -0.2) is 67.4 Å². The van der Waals surface area contributed by atoms with Gasteiger partial charge < -0.3 is 15.1 Å². The molecular weight excluding hydrogens is 383 g/mol. The largest absolute Gasteiger partial charge is 0.372 e. The van der Waals surface area contributed by atoms with Crippen LogP contribution in [0.25, 0.3) is 0 Å². The maximum absolute atomic E-state index is 13.2. The quantitative estimate of drug-likeness (QED) is 0.760. The van der Waals surface area contributed by atoms with Gasteiger partial charge in [-0.05, 0) is 56.3 Å². The first-order valence-electron chi connectivity index (χ1n) is 10.4. The monoisotopic (exact) mass is 412 g/mol. The summed E-state index contributed by atoms with van der Waals surface area (Å²) >= 11 is 0. The Kier molecular flexibility index (Phi) is 7.41. The first-order chi connectivity index (χ1) is 14.5. The standard InChI is InChI=1S/C23H29FN4O2/c1-3-27(4-2)21-10-8-18(9-11-21)23(30)28-14-12-26(13-15-28)17-22(29)25-20-7-5-6-19(24)16-20/h5-11,16H,3-4,12-15,17H2,1-2H3,(H,25,29). The van der Waals surface area contributed by atoms with Crippen molar-refractivity contribution < 1.29 is 14.0 Å². The van der Waals surface area contributed by atoms with Crippen LogP contribution in [0.1, 0.15) is 24.2 Å². The molecule has 30 heavy (non-hydrogen) atoms. The van der Waals surface area contributed by atoms with Crippen LogP contribution in [0, 0.1) is 5.82 Å². The molecule has 2 amide bonds. The Bertz CT molecular complexity index is 860. The zero-order chi connectivity index (χ0) is 21.5. The molecule has 1 aliphatic heterocycles. The number of carbonyl (C=O) groups excluding carboxylic acids is 2. The fourth-order valence-corrected chi connectivity index (χ4v) is 3.67. The first kappa shape index (κ1) is 21.8. The lowest BCUT2D eigenvalue weighted by atomic mass is 10.1. The highest BCUT2D eigenvalue weighted by molar-refractivity contribution is 5.95. The van der Waals surface area contributed by atoms with Crippen molar-refractivity contribution in [2.24, 2.45) is 0 Å². The summed E-state index contributed by atoms with van der Waals surface area (Å²) in [5.74, 6) is -0.553. The molecular formula is C23H29FN4O2. The molecule has 0 bridgehead atoms. The average molecular weight is 413 g/mol. The molecule has 160 valence electrons. The molecule has 0 spiro atoms. The van der Waals surface area contributed by atoms with Crippen LogP contribution in [0.5, 0.6) is 0 Å². The Balaban J connectivity index is 1.48. The number of amides is 2. The van der Waals surface area contributed by atoms with Crippen LogP contribution in [0.3, 0.4) is 0 Å². The van der Waals surface area contributed by atoms with Gasteiger partial charge in [-0.2, -0.15) is 0 Å². The Hall–Kier alpha value is -2.93. The van der Waals surface area contributed by atoms with E-state index in [1.807, 2.05) is 34.1 Å². The van der Waals surface area contributed by atoms with Gasteiger partial charge in [0.05, 0.1) is 6.54 Å². The van der Waals surface area contributed by atoms with E-state index in [-0.39, 0.29) is 24.2 Å². The van der Waals surface area contributed by atoms with Gasteiger partial charge in [-0.3, -0.25) is 14.5 Å². The number of rotatable bonds is 7. The van der Waals surface area contributed by atoms with Crippen LogP contribution >= 0.6 is 0 Å². The predicted octanol–water partition coefficient (Wildman–Crippen LogP) is 3.07. The summed E-state index contributed by atoms with van der Waals surface area (Å²) in [5, 5.41) is 2.71. The van der Waals surface area contributed by atoms with Gasteiger partial charge in [0.2, 0.25) is 5.91 Å². The van der Waals surface area contributed by atoms with Crippen molar-refractivity contribution in [3.05, 3.63) is 59.9 Å². The lowest BCUT2D eigenvalue weighted by molar-refractivity contribution is -0.117. The number of nitrogens with one attached hydrogen (secondary N) is 1. The number of nitrogens with zero attached hydrogens (tertiary/aromatic N) is 3. The highest BCUT2D eigenvalue weighted by atomic mass is 19.1. The fourth-order valence-electron chi connectivity index (χ4n) is 3.67. The highest BCUT2D eigenvalue weighted by Crippen LogP contribution is 2.17. The SMILES string of the molecule is CCN(CC)c1ccc(C(=O)N2CCN(CC(=O)Nc3cccc(F)c3)CC2)cc1. The van der Waals surface area contributed by atoms with E-state index in [0.717, 1.165) is 18.8 Å². The molecule has 2 aromatic rings. The van der Waals surface area contributed by atoms with Crippen molar-refractivity contribution in [2.75, 3.05) is 56.0 Å². The second-order valence-corrected chi connectivity index (χ2v) is 7.35. The Morgan fingerprint density at radius 3 is 2.27 bits per heavy atom. The molecule has 0 saturated carbocycles. The third-order valence-corrected chi connectivity index (χ3v) is 5.38. The molecule has 0 radical (unpaired) electrons. The number of piperazine rings is 1. The average Bonchev–Trinajstić information content (AvgIpc) is 2.75. The third kappa shape index (κ3) is 5.57. The predicted molar refractivity (Wildman–Crippen MR) is 117 cm³/mol. The fraction of sp³-hybridized carbons (Fsp3) is 0.391. The summed E-state index contributed by atoms with van der Waals surface area (Å²) in [6.07, 6.45) is 0. The number of carbonyl (C=O) groups is 2. The van der Waals surface area contributed by atoms with Gasteiger partial charge in [0.1, 0.15) is 5.82 Å². The first-order valence-corrected chi connectivity index (χ1v) is 10.4. The maximum Gasteiger partial charge on any atom is 0.253 e. The van der Waals surface area contributed by atoms with E-state index in [4.69, 9.17) is 0 Å². The van der Waals surface area contributed by atoms with E-state index in [1.165, 1.54) is 12.1 Å². The highest BCUT2D eigenvalue weighted by Gasteiger charge is 2.23. The number of benzene rings is 2. The van der Waals surface area contributed by atoms with E-state index >= 15 is 0 Å². The molecule has 0 aromatic heterocycles. The number of hydrogen-bond donors (Lipinski definition) is 1. The summed E-state index contributed by atoms with van der Waals surface area (Å²) in [7, 11) is 0. The van der Waals surface area contributed by atoms with Crippen LogP contribution in [0.15, 0.2) is 48.5 Å². The zero-order valence-corrected chi connectivity index (χ0v) is 17.6. The second-order valence-electron chi connectivity index (χ2n) is 7.35. The van der Waals surface area contributed by atoms with Crippen molar-refractivity contribution in [2.45, 2.75) is 13.8 Å². The lowest BCUT2D eigenvalue weighted by Gasteiger charge is -2.34. The molecule has 2 aromatic carbocycles. The van der Waals surface area contributed by atoms with Crippen LogP contribution < -0.4 is 10.2 Å². The van der Waals surface area contributed by atoms with E-state index in [2.05, 4.69) is 24.1 Å². The van der Waals surface area contributed by atoms with Crippen molar-refractivity contribution >= 4 is 23.2 Å². The maximum atomic E-state index is 13.2. The molecule has 6 nitrogen and oxygen atoms in total. The molecule has 1 N–H and O–H groups in total. The van der Waals surface area contributed by atoms with Crippen molar-refractivity contribution in [3.63, 3.8) is 0 Å². The van der Waals surface area contributed by atoms with Gasteiger partial charge in [0.15, 0.2) is 0 Å². The van der Waals surface area contributed by atoms with Gasteiger partial charge in [0, 0.05) is 56.2 Å². The summed E-state index contributed by atoms with van der Waals surface area (Å²) in [6, 6.07) is 13.6. The Morgan fingerprint density at radius 1 is 1.00 bits per heavy atom. The molecule has 1 heterocycles. The number of anilines is 2. The summed E-state index contributed by atoms with van der Waals surface area (Å²) in [6.45, 7) is 8.70. The van der Waals surface area contributed by atoms with Crippen LogP contribution in [-0.2, 0) is 4.79 Å². The summed E-state index contributed by atoms with van der Waals surface area (Å²) < 4.78 is 13.2. The van der Waals surface area contributed by atoms with E-state index in [0.29, 0.717) is 37.4 Å². The second kappa shape index (κ2) is 10.2. The summed E-state index contributed by atoms with van der Waals surface area (Å²) in [5.41, 5.74) is 2.25. The minimum absolute atomic E-state index is 0.0185. The van der Waals surface area contributed by atoms with E-state index < -0.39 is 0 Å². The minimum atomic E-state index is -0.384. The molecule has 1 fully saturated rings. The molecule has 1 aliphatic rings. The Morgan fingerprint density at radius 2 is 1.67 bits per heavy atom. The van der Waals surface area contributed by atoms with Gasteiger partial charge in [0.25, 0.3) is 5.91 Å². The minimum Gasteiger partial charge on any atom is -0.372 e. The number of hydrogen-bond acceptors (Lipinski definition) is 4.